The lowest BCUT2D eigenvalue weighted by molar-refractivity contribution is 0.423. The smallest absolute Gasteiger partial charge is 0.212 e. The molecule has 0 aromatic heterocycles. The molecule has 1 radical (unpaired) electrons. The third-order valence-corrected chi connectivity index (χ3v) is 3.34. The van der Waals surface area contributed by atoms with Crippen LogP contribution in [0.4, 0.5) is 0 Å². The van der Waals surface area contributed by atoms with Crippen molar-refractivity contribution < 1.29 is 9.53 Å². The van der Waals surface area contributed by atoms with Gasteiger partial charge in [0, 0.05) is 7.11 Å². The molecule has 1 rings (SSSR count). The highest BCUT2D eigenvalue weighted by molar-refractivity contribution is 6.49. The van der Waals surface area contributed by atoms with E-state index in [4.69, 9.17) is 9.53 Å². The molecular weight excluding hydrogens is 168 g/mol. The normalized spacial score (nSPS) is 10.6. The molecule has 0 bridgehead atoms. The quantitative estimate of drug-likeness (QED) is 0.720. The number of phenols is 1. The molecule has 1 aromatic rings. The molecule has 0 amide bonds. The van der Waals surface area contributed by atoms with Crippen LogP contribution in [0.2, 0.25) is 6.55 Å². The molecule has 0 saturated heterocycles. The first kappa shape index (κ1) is 9.29. The van der Waals surface area contributed by atoms with Crippen molar-refractivity contribution >= 4 is 9.04 Å². The lowest BCUT2D eigenvalue weighted by atomic mass is 10.2. The van der Waals surface area contributed by atoms with Gasteiger partial charge in [-0.3, -0.25) is 0 Å². The van der Waals surface area contributed by atoms with Crippen LogP contribution in [0.5, 0.6) is 5.75 Å². The minimum Gasteiger partial charge on any atom is -0.508 e. The Bertz CT molecular complexity index is 233. The van der Waals surface area contributed by atoms with Gasteiger partial charge in [-0.1, -0.05) is 12.1 Å². The lowest BCUT2D eigenvalue weighted by Gasteiger charge is -2.05. The van der Waals surface area contributed by atoms with Gasteiger partial charge in [0.05, 0.1) is 0 Å². The minimum absolute atomic E-state index is 0.320. The summed E-state index contributed by atoms with van der Waals surface area (Å²) in [5.74, 6) is 0.320. The van der Waals surface area contributed by atoms with Crippen LogP contribution in [0.25, 0.3) is 0 Å². The topological polar surface area (TPSA) is 29.5 Å². The molecule has 0 aliphatic carbocycles. The van der Waals surface area contributed by atoms with Crippen molar-refractivity contribution in [3.8, 4) is 5.75 Å². The van der Waals surface area contributed by atoms with E-state index in [-0.39, 0.29) is 0 Å². The van der Waals surface area contributed by atoms with E-state index in [0.29, 0.717) is 5.75 Å². The zero-order valence-electron chi connectivity index (χ0n) is 7.37. The summed E-state index contributed by atoms with van der Waals surface area (Å²) in [5.41, 5.74) is 1.23. The monoisotopic (exact) mass is 181 g/mol. The Kier molecular flexibility index (Phi) is 3.31. The van der Waals surface area contributed by atoms with Crippen molar-refractivity contribution in [3.05, 3.63) is 29.8 Å². The highest BCUT2D eigenvalue weighted by Gasteiger charge is 2.04. The fourth-order valence-electron chi connectivity index (χ4n) is 0.973. The summed E-state index contributed by atoms with van der Waals surface area (Å²) < 4.78 is 5.22. The van der Waals surface area contributed by atoms with Gasteiger partial charge in [0.2, 0.25) is 9.04 Å². The van der Waals surface area contributed by atoms with Gasteiger partial charge < -0.3 is 9.53 Å². The van der Waals surface area contributed by atoms with Crippen LogP contribution in [0.1, 0.15) is 5.56 Å². The maximum atomic E-state index is 9.03. The lowest BCUT2D eigenvalue weighted by Crippen LogP contribution is -2.14. The van der Waals surface area contributed by atoms with Gasteiger partial charge in [0.15, 0.2) is 0 Å². The molecule has 0 saturated carbocycles. The van der Waals surface area contributed by atoms with Crippen LogP contribution >= 0.6 is 0 Å². The van der Waals surface area contributed by atoms with Crippen LogP contribution in [-0.2, 0) is 10.5 Å². The molecule has 1 aromatic carbocycles. The number of hydrogen-bond donors (Lipinski definition) is 1. The molecule has 3 heteroatoms. The molecule has 0 aliphatic rings. The molecule has 0 heterocycles. The van der Waals surface area contributed by atoms with E-state index in [1.54, 1.807) is 19.2 Å². The second kappa shape index (κ2) is 4.28. The van der Waals surface area contributed by atoms with Crippen molar-refractivity contribution in [2.45, 2.75) is 12.6 Å². The van der Waals surface area contributed by atoms with Crippen molar-refractivity contribution in [3.63, 3.8) is 0 Å². The van der Waals surface area contributed by atoms with Crippen LogP contribution in [0, 0.1) is 0 Å². The van der Waals surface area contributed by atoms with Gasteiger partial charge in [-0.15, -0.1) is 0 Å². The largest absolute Gasteiger partial charge is 0.508 e. The third-order valence-electron chi connectivity index (χ3n) is 1.74. The molecular formula is C9H13O2Si. The molecule has 0 fully saturated rings. The number of rotatable bonds is 3. The van der Waals surface area contributed by atoms with Gasteiger partial charge in [-0.2, -0.15) is 0 Å². The van der Waals surface area contributed by atoms with Crippen LogP contribution < -0.4 is 0 Å². The van der Waals surface area contributed by atoms with Crippen LogP contribution in [-0.4, -0.2) is 21.3 Å². The van der Waals surface area contributed by atoms with E-state index in [1.807, 2.05) is 12.1 Å². The summed E-state index contributed by atoms with van der Waals surface area (Å²) in [6, 6.07) is 8.27. The maximum absolute atomic E-state index is 9.03. The number of hydrogen-bond acceptors (Lipinski definition) is 2. The van der Waals surface area contributed by atoms with Gasteiger partial charge in [-0.25, -0.2) is 0 Å². The number of aromatic hydroxyl groups is 1. The average Bonchev–Trinajstić information content (AvgIpc) is 2.09. The predicted molar refractivity (Wildman–Crippen MR) is 50.4 cm³/mol. The molecule has 65 valence electrons. The van der Waals surface area contributed by atoms with E-state index in [9.17, 15) is 0 Å². The van der Waals surface area contributed by atoms with Gasteiger partial charge in [0.1, 0.15) is 5.75 Å². The highest BCUT2D eigenvalue weighted by Crippen LogP contribution is 2.10. The second-order valence-corrected chi connectivity index (χ2v) is 4.92. The summed E-state index contributed by atoms with van der Waals surface area (Å²) in [6.45, 7) is 2.12. The first-order valence-corrected chi connectivity index (χ1v) is 5.98. The summed E-state index contributed by atoms with van der Waals surface area (Å²) in [7, 11) is 1.07. The van der Waals surface area contributed by atoms with Crippen molar-refractivity contribution in [2.75, 3.05) is 7.11 Å². The van der Waals surface area contributed by atoms with Gasteiger partial charge in [0.25, 0.3) is 0 Å². The molecule has 2 nitrogen and oxygen atoms in total. The fraction of sp³-hybridized carbons (Fsp3) is 0.333. The van der Waals surface area contributed by atoms with Gasteiger partial charge >= 0.3 is 0 Å². The Morgan fingerprint density at radius 1 is 1.33 bits per heavy atom. The van der Waals surface area contributed by atoms with Crippen LogP contribution in [0.3, 0.4) is 0 Å². The predicted octanol–water partition coefficient (Wildman–Crippen LogP) is 1.74. The number of phenolic OH excluding ortho intramolecular Hbond substituents is 1. The summed E-state index contributed by atoms with van der Waals surface area (Å²) in [5, 5.41) is 9.03. The molecule has 0 atom stereocenters. The van der Waals surface area contributed by atoms with Crippen molar-refractivity contribution in [2.24, 2.45) is 0 Å². The molecule has 0 spiro atoms. The Labute approximate surface area is 74.5 Å². The first-order valence-electron chi connectivity index (χ1n) is 3.86. The third kappa shape index (κ3) is 2.68. The zero-order chi connectivity index (χ0) is 8.97. The SMILES string of the molecule is CO[Si](C)Cc1ccc(O)cc1. The highest BCUT2D eigenvalue weighted by atomic mass is 28.3. The fourth-order valence-corrected chi connectivity index (χ4v) is 1.93. The summed E-state index contributed by atoms with van der Waals surface area (Å²) in [6.07, 6.45) is 0. The van der Waals surface area contributed by atoms with E-state index >= 15 is 0 Å². The molecule has 12 heavy (non-hydrogen) atoms. The van der Waals surface area contributed by atoms with Crippen molar-refractivity contribution in [1.82, 2.24) is 0 Å². The Hall–Kier alpha value is -0.803. The van der Waals surface area contributed by atoms with E-state index in [2.05, 4.69) is 6.55 Å². The number of benzene rings is 1. The van der Waals surface area contributed by atoms with Crippen molar-refractivity contribution in [1.29, 1.82) is 0 Å². The first-order chi connectivity index (χ1) is 5.72. The Balaban J connectivity index is 2.58. The maximum Gasteiger partial charge on any atom is 0.212 e. The summed E-state index contributed by atoms with van der Waals surface area (Å²) in [4.78, 5) is 0. The van der Waals surface area contributed by atoms with E-state index < -0.39 is 9.04 Å². The van der Waals surface area contributed by atoms with Gasteiger partial charge in [-0.05, 0) is 30.3 Å². The molecule has 0 unspecified atom stereocenters. The summed E-state index contributed by atoms with van der Waals surface area (Å²) >= 11 is 0. The minimum atomic E-state index is -0.676. The Morgan fingerprint density at radius 2 is 1.92 bits per heavy atom. The Morgan fingerprint density at radius 3 is 2.42 bits per heavy atom. The van der Waals surface area contributed by atoms with E-state index in [0.717, 1.165) is 6.04 Å². The molecule has 0 aliphatic heterocycles. The second-order valence-electron chi connectivity index (χ2n) is 2.75. The van der Waals surface area contributed by atoms with Crippen LogP contribution in [0.15, 0.2) is 24.3 Å². The molecule has 1 N–H and O–H groups in total. The van der Waals surface area contributed by atoms with E-state index in [1.165, 1.54) is 5.56 Å². The standard InChI is InChI=1S/C9H13O2Si/c1-11-12(2)7-8-3-5-9(10)6-4-8/h3-6,10H,7H2,1-2H3. The average molecular weight is 181 g/mol. The zero-order valence-corrected chi connectivity index (χ0v) is 8.37.